The summed E-state index contributed by atoms with van der Waals surface area (Å²) in [5.74, 6) is -1.52. The van der Waals surface area contributed by atoms with Crippen LogP contribution in [0.25, 0.3) is 10.9 Å². The Morgan fingerprint density at radius 3 is 2.96 bits per heavy atom. The first-order valence-corrected chi connectivity index (χ1v) is 7.81. The molecule has 0 radical (unpaired) electrons. The van der Waals surface area contributed by atoms with Crippen molar-refractivity contribution in [2.45, 2.75) is 25.3 Å². The number of hydrogen-bond acceptors (Lipinski definition) is 3. The minimum absolute atomic E-state index is 0.239. The van der Waals surface area contributed by atoms with Crippen LogP contribution < -0.4 is 5.32 Å². The van der Waals surface area contributed by atoms with Crippen LogP contribution in [0.3, 0.4) is 0 Å². The van der Waals surface area contributed by atoms with Crippen LogP contribution in [0.15, 0.2) is 30.5 Å². The molecule has 3 N–H and O–H groups in total. The number of benzene rings is 1. The molecule has 2 aromatic rings. The zero-order valence-electron chi connectivity index (χ0n) is 12.7. The van der Waals surface area contributed by atoms with Crippen molar-refractivity contribution in [1.82, 2.24) is 10.3 Å². The molecular weight excluding hydrogens is 296 g/mol. The summed E-state index contributed by atoms with van der Waals surface area (Å²) >= 11 is 0. The van der Waals surface area contributed by atoms with Gasteiger partial charge in [-0.05, 0) is 24.5 Å². The van der Waals surface area contributed by atoms with Crippen molar-refractivity contribution in [2.24, 2.45) is 5.92 Å². The van der Waals surface area contributed by atoms with E-state index in [4.69, 9.17) is 4.74 Å². The number of carbonyl (C=O) groups is 2. The van der Waals surface area contributed by atoms with Crippen molar-refractivity contribution >= 4 is 22.8 Å². The Balaban J connectivity index is 1.71. The van der Waals surface area contributed by atoms with Gasteiger partial charge in [-0.3, -0.25) is 4.79 Å². The van der Waals surface area contributed by atoms with Crippen molar-refractivity contribution in [3.05, 3.63) is 36.0 Å². The normalized spacial score (nSPS) is 19.4. The van der Waals surface area contributed by atoms with Crippen LogP contribution in [0.5, 0.6) is 0 Å². The Kier molecular flexibility index (Phi) is 4.62. The summed E-state index contributed by atoms with van der Waals surface area (Å²) < 4.78 is 5.30. The molecule has 1 saturated heterocycles. The van der Waals surface area contributed by atoms with Crippen molar-refractivity contribution in [1.29, 1.82) is 0 Å². The van der Waals surface area contributed by atoms with E-state index < -0.39 is 12.0 Å². The van der Waals surface area contributed by atoms with Gasteiger partial charge in [-0.1, -0.05) is 18.2 Å². The van der Waals surface area contributed by atoms with E-state index in [0.29, 0.717) is 13.2 Å². The molecular formula is C17H20N2O4. The summed E-state index contributed by atoms with van der Waals surface area (Å²) in [6.07, 6.45) is 3.62. The van der Waals surface area contributed by atoms with Gasteiger partial charge >= 0.3 is 5.97 Å². The average Bonchev–Trinajstić information content (AvgIpc) is 2.98. The van der Waals surface area contributed by atoms with Gasteiger partial charge in [0.05, 0.1) is 12.5 Å². The van der Waals surface area contributed by atoms with E-state index in [0.717, 1.165) is 29.3 Å². The highest BCUT2D eigenvalue weighted by molar-refractivity contribution is 5.87. The van der Waals surface area contributed by atoms with Gasteiger partial charge in [0.15, 0.2) is 0 Å². The third-order valence-corrected chi connectivity index (χ3v) is 4.24. The Hall–Kier alpha value is -2.34. The third-order valence-electron chi connectivity index (χ3n) is 4.24. The predicted octanol–water partition coefficient (Wildman–Crippen LogP) is 1.71. The van der Waals surface area contributed by atoms with Gasteiger partial charge in [0, 0.05) is 30.1 Å². The minimum atomic E-state index is -1.03. The number of aromatic amines is 1. The Morgan fingerprint density at radius 2 is 2.22 bits per heavy atom. The summed E-state index contributed by atoms with van der Waals surface area (Å²) in [6, 6.07) is 6.77. The molecule has 23 heavy (non-hydrogen) atoms. The number of para-hydroxylation sites is 1. The molecule has 0 aliphatic carbocycles. The lowest BCUT2D eigenvalue weighted by Gasteiger charge is -2.23. The van der Waals surface area contributed by atoms with Crippen LogP contribution in [0, 0.1) is 5.92 Å². The molecule has 6 nitrogen and oxygen atoms in total. The van der Waals surface area contributed by atoms with Crippen LogP contribution in [0.1, 0.15) is 18.4 Å². The van der Waals surface area contributed by atoms with Crippen LogP contribution in [-0.2, 0) is 20.7 Å². The molecule has 2 atom stereocenters. The summed E-state index contributed by atoms with van der Waals surface area (Å²) in [6.45, 7) is 1.03. The van der Waals surface area contributed by atoms with E-state index in [1.54, 1.807) is 6.20 Å². The summed E-state index contributed by atoms with van der Waals surface area (Å²) in [5, 5.41) is 13.1. The van der Waals surface area contributed by atoms with E-state index >= 15 is 0 Å². The fourth-order valence-corrected chi connectivity index (χ4v) is 2.96. The molecule has 0 spiro atoms. The standard InChI is InChI=1S/C17H20N2O4/c20-16(11-4-3-7-23-10-11)19-15(17(21)22)8-12-9-18-14-6-2-1-5-13(12)14/h1-2,5-6,9,11,15,18H,3-4,7-8,10H2,(H,19,20)(H,21,22). The first-order chi connectivity index (χ1) is 11.1. The van der Waals surface area contributed by atoms with Crippen molar-refractivity contribution in [2.75, 3.05) is 13.2 Å². The Morgan fingerprint density at radius 1 is 1.39 bits per heavy atom. The van der Waals surface area contributed by atoms with E-state index in [1.807, 2.05) is 24.3 Å². The predicted molar refractivity (Wildman–Crippen MR) is 85.1 cm³/mol. The van der Waals surface area contributed by atoms with Crippen LogP contribution in [0.2, 0.25) is 0 Å². The third kappa shape index (κ3) is 3.53. The molecule has 2 unspecified atom stereocenters. The molecule has 1 aromatic carbocycles. The lowest BCUT2D eigenvalue weighted by Crippen LogP contribution is -2.46. The van der Waals surface area contributed by atoms with Gasteiger partial charge < -0.3 is 20.1 Å². The minimum Gasteiger partial charge on any atom is -0.480 e. The molecule has 1 aromatic heterocycles. The number of fused-ring (bicyclic) bond motifs is 1. The van der Waals surface area contributed by atoms with Crippen molar-refractivity contribution in [3.63, 3.8) is 0 Å². The number of carboxylic acid groups (broad SMARTS) is 1. The van der Waals surface area contributed by atoms with E-state index in [1.165, 1.54) is 0 Å². The smallest absolute Gasteiger partial charge is 0.326 e. The number of amides is 1. The maximum atomic E-state index is 12.2. The van der Waals surface area contributed by atoms with E-state index in [9.17, 15) is 14.7 Å². The maximum Gasteiger partial charge on any atom is 0.326 e. The molecule has 0 bridgehead atoms. The summed E-state index contributed by atoms with van der Waals surface area (Å²) in [4.78, 5) is 26.9. The molecule has 0 saturated carbocycles. The second kappa shape index (κ2) is 6.83. The first-order valence-electron chi connectivity index (χ1n) is 7.81. The number of carboxylic acids is 1. The fourth-order valence-electron chi connectivity index (χ4n) is 2.96. The highest BCUT2D eigenvalue weighted by Crippen LogP contribution is 2.20. The lowest BCUT2D eigenvalue weighted by molar-refractivity contribution is -0.143. The molecule has 1 fully saturated rings. The topological polar surface area (TPSA) is 91.4 Å². The van der Waals surface area contributed by atoms with Crippen LogP contribution in [0.4, 0.5) is 0 Å². The zero-order valence-corrected chi connectivity index (χ0v) is 12.7. The van der Waals surface area contributed by atoms with Crippen molar-refractivity contribution in [3.8, 4) is 0 Å². The molecule has 1 aliphatic rings. The summed E-state index contributed by atoms with van der Waals surface area (Å²) in [5.41, 5.74) is 1.84. The number of nitrogens with one attached hydrogen (secondary N) is 2. The maximum absolute atomic E-state index is 12.2. The number of hydrogen-bond donors (Lipinski definition) is 3. The number of ether oxygens (including phenoxy) is 1. The second-order valence-corrected chi connectivity index (χ2v) is 5.88. The molecule has 1 amide bonds. The van der Waals surface area contributed by atoms with Gasteiger partial charge in [0.2, 0.25) is 5.91 Å². The molecule has 1 aliphatic heterocycles. The Bertz CT molecular complexity index is 703. The Labute approximate surface area is 133 Å². The SMILES string of the molecule is O=C(NC(Cc1c[nH]c2ccccc12)C(=O)O)C1CCCOC1. The number of rotatable bonds is 5. The molecule has 2 heterocycles. The number of H-pyrrole nitrogens is 1. The highest BCUT2D eigenvalue weighted by atomic mass is 16.5. The highest BCUT2D eigenvalue weighted by Gasteiger charge is 2.27. The lowest BCUT2D eigenvalue weighted by atomic mass is 9.99. The number of aliphatic carboxylic acids is 1. The monoisotopic (exact) mass is 316 g/mol. The van der Waals surface area contributed by atoms with Crippen LogP contribution >= 0.6 is 0 Å². The van der Waals surface area contributed by atoms with Gasteiger partial charge in [-0.2, -0.15) is 0 Å². The van der Waals surface area contributed by atoms with E-state index in [2.05, 4.69) is 10.3 Å². The largest absolute Gasteiger partial charge is 0.480 e. The zero-order chi connectivity index (χ0) is 16.2. The van der Waals surface area contributed by atoms with Crippen molar-refractivity contribution < 1.29 is 19.4 Å². The molecule has 122 valence electrons. The van der Waals surface area contributed by atoms with Crippen LogP contribution in [-0.4, -0.2) is 41.2 Å². The van der Waals surface area contributed by atoms with E-state index in [-0.39, 0.29) is 18.2 Å². The van der Waals surface area contributed by atoms with Gasteiger partial charge in [-0.15, -0.1) is 0 Å². The number of aromatic nitrogens is 1. The number of carbonyl (C=O) groups excluding carboxylic acids is 1. The van der Waals surface area contributed by atoms with Gasteiger partial charge in [-0.25, -0.2) is 4.79 Å². The fraction of sp³-hybridized carbons (Fsp3) is 0.412. The molecule has 3 rings (SSSR count). The first kappa shape index (κ1) is 15.6. The second-order valence-electron chi connectivity index (χ2n) is 5.88. The molecule has 6 heteroatoms. The van der Waals surface area contributed by atoms with Gasteiger partial charge in [0.1, 0.15) is 6.04 Å². The quantitative estimate of drug-likeness (QED) is 0.783. The average molecular weight is 316 g/mol. The summed E-state index contributed by atoms with van der Waals surface area (Å²) in [7, 11) is 0. The van der Waals surface area contributed by atoms with Gasteiger partial charge in [0.25, 0.3) is 0 Å².